The van der Waals surface area contributed by atoms with E-state index in [2.05, 4.69) is 27.8 Å². The summed E-state index contributed by atoms with van der Waals surface area (Å²) in [6, 6.07) is 7.76. The third-order valence-electron chi connectivity index (χ3n) is 4.23. The largest absolute Gasteiger partial charge is 0.481 e. The van der Waals surface area contributed by atoms with Crippen molar-refractivity contribution in [1.29, 1.82) is 0 Å². The molecule has 1 aromatic carbocycles. The van der Waals surface area contributed by atoms with Gasteiger partial charge < -0.3 is 10.1 Å². The number of aromatic nitrogens is 1. The number of benzene rings is 1. The van der Waals surface area contributed by atoms with Crippen LogP contribution in [0.5, 0.6) is 0 Å². The summed E-state index contributed by atoms with van der Waals surface area (Å²) in [4.78, 5) is 15.1. The number of carbonyl (C=O) groups is 1. The van der Waals surface area contributed by atoms with E-state index in [0.717, 1.165) is 29.3 Å². The van der Waals surface area contributed by atoms with Gasteiger partial charge in [0, 0.05) is 27.3 Å². The van der Waals surface area contributed by atoms with Crippen molar-refractivity contribution in [3.8, 4) is 0 Å². The van der Waals surface area contributed by atoms with Gasteiger partial charge in [-0.2, -0.15) is 0 Å². The van der Waals surface area contributed by atoms with Crippen LogP contribution in [-0.2, 0) is 4.79 Å². The van der Waals surface area contributed by atoms with Crippen LogP contribution in [0.25, 0.3) is 10.9 Å². The molecule has 2 rings (SSSR count). The molecule has 0 spiro atoms. The first kappa shape index (κ1) is 18.3. The molecular weight excluding hydrogens is 378 g/mol. The molecule has 0 radical (unpaired) electrons. The molecule has 1 aromatic heterocycles. The van der Waals surface area contributed by atoms with Crippen molar-refractivity contribution >= 4 is 44.4 Å². The van der Waals surface area contributed by atoms with Crippen molar-refractivity contribution in [3.63, 3.8) is 0 Å². The Bertz CT molecular complexity index is 643. The number of para-hydroxylation sites is 1. The summed E-state index contributed by atoms with van der Waals surface area (Å²) in [6.45, 7) is 2.17. The number of nitrogens with one attached hydrogen (secondary N) is 1. The zero-order valence-electron chi connectivity index (χ0n) is 13.3. The van der Waals surface area contributed by atoms with Gasteiger partial charge in [0.15, 0.2) is 0 Å². The predicted octanol–water partition coefficient (Wildman–Crippen LogP) is 5.68. The van der Waals surface area contributed by atoms with Gasteiger partial charge in [-0.25, -0.2) is 0 Å². The average molecular weight is 401 g/mol. The van der Waals surface area contributed by atoms with Crippen molar-refractivity contribution < 1.29 is 9.90 Å². The predicted molar refractivity (Wildman–Crippen MR) is 99.8 cm³/mol. The van der Waals surface area contributed by atoms with E-state index < -0.39 is 11.9 Å². The standard InChI is InChI=1S/C18H23BrClNO2/c1-2-3-4-8-15(19)16(20)10-13(18(22)23)14-11-21-17-9-6-5-7-12(14)17/h5-7,9,11,13,15-16,21H,2-4,8,10H2,1H3,(H,22,23). The monoisotopic (exact) mass is 399 g/mol. The number of hydrogen-bond donors (Lipinski definition) is 2. The van der Waals surface area contributed by atoms with Gasteiger partial charge in [0.25, 0.3) is 0 Å². The lowest BCUT2D eigenvalue weighted by molar-refractivity contribution is -0.138. The van der Waals surface area contributed by atoms with E-state index in [1.807, 2.05) is 24.3 Å². The van der Waals surface area contributed by atoms with Crippen molar-refractivity contribution in [2.75, 3.05) is 0 Å². The fourth-order valence-electron chi connectivity index (χ4n) is 2.89. The molecule has 0 amide bonds. The molecule has 2 N–H and O–H groups in total. The van der Waals surface area contributed by atoms with E-state index in [1.165, 1.54) is 12.8 Å². The normalized spacial score (nSPS) is 15.4. The Morgan fingerprint density at radius 1 is 1.35 bits per heavy atom. The first-order valence-electron chi connectivity index (χ1n) is 8.11. The second-order valence-electron chi connectivity index (χ2n) is 5.94. The van der Waals surface area contributed by atoms with Gasteiger partial charge in [-0.1, -0.05) is 60.3 Å². The molecule has 3 atom stereocenters. The minimum Gasteiger partial charge on any atom is -0.481 e. The van der Waals surface area contributed by atoms with Crippen LogP contribution in [0.15, 0.2) is 30.5 Å². The van der Waals surface area contributed by atoms with Gasteiger partial charge in [0.2, 0.25) is 0 Å². The highest BCUT2D eigenvalue weighted by Crippen LogP contribution is 2.33. The van der Waals surface area contributed by atoms with Crippen LogP contribution in [0.2, 0.25) is 0 Å². The highest BCUT2D eigenvalue weighted by atomic mass is 79.9. The highest BCUT2D eigenvalue weighted by molar-refractivity contribution is 9.09. The number of halogens is 2. The highest BCUT2D eigenvalue weighted by Gasteiger charge is 2.28. The smallest absolute Gasteiger partial charge is 0.311 e. The quantitative estimate of drug-likeness (QED) is 0.420. The van der Waals surface area contributed by atoms with Crippen LogP contribution in [0.3, 0.4) is 0 Å². The number of carboxylic acid groups (broad SMARTS) is 1. The summed E-state index contributed by atoms with van der Waals surface area (Å²) in [7, 11) is 0. The van der Waals surface area contributed by atoms with Gasteiger partial charge in [-0.15, -0.1) is 11.6 Å². The molecule has 3 unspecified atom stereocenters. The second kappa shape index (κ2) is 8.74. The molecule has 126 valence electrons. The van der Waals surface area contributed by atoms with E-state index in [0.29, 0.717) is 6.42 Å². The Hall–Kier alpha value is -1.00. The number of rotatable bonds is 9. The molecule has 0 aliphatic rings. The van der Waals surface area contributed by atoms with Crippen LogP contribution >= 0.6 is 27.5 Å². The number of H-pyrrole nitrogens is 1. The molecule has 1 heterocycles. The number of aliphatic carboxylic acids is 1. The maximum Gasteiger partial charge on any atom is 0.311 e. The van der Waals surface area contributed by atoms with E-state index in [-0.39, 0.29) is 10.2 Å². The molecule has 5 heteroatoms. The Morgan fingerprint density at radius 3 is 2.78 bits per heavy atom. The number of alkyl halides is 2. The topological polar surface area (TPSA) is 53.1 Å². The molecule has 3 nitrogen and oxygen atoms in total. The Kier molecular flexibility index (Phi) is 6.97. The molecule has 0 bridgehead atoms. The van der Waals surface area contributed by atoms with E-state index in [1.54, 1.807) is 6.20 Å². The van der Waals surface area contributed by atoms with Crippen LogP contribution in [0, 0.1) is 0 Å². The molecule has 0 saturated carbocycles. The maximum atomic E-state index is 11.8. The summed E-state index contributed by atoms with van der Waals surface area (Å²) >= 11 is 10.1. The Balaban J connectivity index is 2.11. The van der Waals surface area contributed by atoms with Gasteiger partial charge >= 0.3 is 5.97 Å². The summed E-state index contributed by atoms with van der Waals surface area (Å²) in [5, 5.41) is 10.4. The van der Waals surface area contributed by atoms with E-state index in [4.69, 9.17) is 11.6 Å². The van der Waals surface area contributed by atoms with Crippen molar-refractivity contribution in [2.24, 2.45) is 0 Å². The SMILES string of the molecule is CCCCCC(Br)C(Cl)CC(C(=O)O)c1c[nH]c2ccccc12. The lowest BCUT2D eigenvalue weighted by Crippen LogP contribution is -2.22. The maximum absolute atomic E-state index is 11.8. The molecular formula is C18H23BrClNO2. The molecule has 23 heavy (non-hydrogen) atoms. The summed E-state index contributed by atoms with van der Waals surface area (Å²) in [5.41, 5.74) is 1.77. The van der Waals surface area contributed by atoms with Crippen molar-refractivity contribution in [3.05, 3.63) is 36.0 Å². The zero-order valence-corrected chi connectivity index (χ0v) is 15.6. The lowest BCUT2D eigenvalue weighted by atomic mass is 9.92. The summed E-state index contributed by atoms with van der Waals surface area (Å²) in [5.74, 6) is -1.42. The number of fused-ring (bicyclic) bond motifs is 1. The van der Waals surface area contributed by atoms with Gasteiger partial charge in [0.1, 0.15) is 0 Å². The van der Waals surface area contributed by atoms with Crippen molar-refractivity contribution in [2.45, 2.75) is 55.2 Å². The molecule has 0 saturated heterocycles. The zero-order chi connectivity index (χ0) is 16.8. The summed E-state index contributed by atoms with van der Waals surface area (Å²) < 4.78 is 0. The second-order valence-corrected chi connectivity index (χ2v) is 7.68. The number of aromatic amines is 1. The molecule has 0 aliphatic carbocycles. The number of carboxylic acids is 1. The Morgan fingerprint density at radius 2 is 2.09 bits per heavy atom. The fourth-order valence-corrected chi connectivity index (χ4v) is 3.73. The average Bonchev–Trinajstić information content (AvgIpc) is 2.96. The number of unbranched alkanes of at least 4 members (excludes halogenated alkanes) is 2. The first-order valence-corrected chi connectivity index (χ1v) is 9.46. The van der Waals surface area contributed by atoms with Crippen LogP contribution in [0.1, 0.15) is 50.5 Å². The summed E-state index contributed by atoms with van der Waals surface area (Å²) in [6.07, 6.45) is 6.65. The minimum absolute atomic E-state index is 0.141. The third-order valence-corrected chi connectivity index (χ3v) is 6.11. The van der Waals surface area contributed by atoms with Crippen LogP contribution in [0.4, 0.5) is 0 Å². The van der Waals surface area contributed by atoms with Crippen LogP contribution < -0.4 is 0 Å². The first-order chi connectivity index (χ1) is 11.0. The van der Waals surface area contributed by atoms with E-state index in [9.17, 15) is 9.90 Å². The molecule has 0 aliphatic heterocycles. The minimum atomic E-state index is -0.825. The van der Waals surface area contributed by atoms with Crippen molar-refractivity contribution in [1.82, 2.24) is 4.98 Å². The lowest BCUT2D eigenvalue weighted by Gasteiger charge is -2.20. The molecule has 2 aromatic rings. The van der Waals surface area contributed by atoms with E-state index >= 15 is 0 Å². The third kappa shape index (κ3) is 4.74. The fraction of sp³-hybridized carbons (Fsp3) is 0.500. The number of hydrogen-bond acceptors (Lipinski definition) is 1. The van der Waals surface area contributed by atoms with Crippen LogP contribution in [-0.4, -0.2) is 26.3 Å². The van der Waals surface area contributed by atoms with Gasteiger partial charge in [0.05, 0.1) is 5.92 Å². The molecule has 0 fully saturated rings. The van der Waals surface area contributed by atoms with Gasteiger partial charge in [-0.05, 0) is 24.5 Å². The Labute approximate surface area is 150 Å². The van der Waals surface area contributed by atoms with Gasteiger partial charge in [-0.3, -0.25) is 4.79 Å².